The topological polar surface area (TPSA) is 87.5 Å². The lowest BCUT2D eigenvalue weighted by Crippen LogP contribution is -2.08. The zero-order valence-electron chi connectivity index (χ0n) is 14.6. The Morgan fingerprint density at radius 1 is 0.692 bits per heavy atom. The average Bonchev–Trinajstić information content (AvgIpc) is 2.72. The highest BCUT2D eigenvalue weighted by molar-refractivity contribution is 6.01. The molecule has 0 radical (unpaired) electrons. The van der Waals surface area contributed by atoms with Gasteiger partial charge in [-0.1, -0.05) is 18.2 Å². The molecule has 0 atom stereocenters. The summed E-state index contributed by atoms with van der Waals surface area (Å²) >= 11 is 0. The zero-order valence-corrected chi connectivity index (χ0v) is 14.6. The fourth-order valence-corrected chi connectivity index (χ4v) is 2.09. The van der Waals surface area contributed by atoms with Crippen LogP contribution in [0.25, 0.3) is 0 Å². The number of pyridine rings is 3. The van der Waals surface area contributed by atoms with E-state index in [1.54, 1.807) is 12.4 Å². The highest BCUT2D eigenvalue weighted by Crippen LogP contribution is 2.06. The molecule has 7 heteroatoms. The normalized spacial score (nSPS) is 11.9. The third-order valence-electron chi connectivity index (χ3n) is 3.50. The van der Waals surface area contributed by atoms with Crippen molar-refractivity contribution in [1.82, 2.24) is 15.0 Å². The standard InChI is InChI=1S/C19H19N7/c1-14(23-25-18-10-3-5-12-20-18)16-8-7-9-17(22-16)15(2)24-26-19-11-4-6-13-21-19/h3-13H,1-2H3,(H,20,25)(H,21,26). The first-order valence-corrected chi connectivity index (χ1v) is 8.13. The Balaban J connectivity index is 1.72. The maximum absolute atomic E-state index is 4.61. The van der Waals surface area contributed by atoms with Gasteiger partial charge in [-0.2, -0.15) is 10.2 Å². The number of nitrogens with one attached hydrogen (secondary N) is 2. The van der Waals surface area contributed by atoms with Gasteiger partial charge in [-0.25, -0.2) is 15.0 Å². The summed E-state index contributed by atoms with van der Waals surface area (Å²) in [6, 6.07) is 16.9. The molecule has 7 nitrogen and oxygen atoms in total. The molecule has 0 spiro atoms. The minimum absolute atomic E-state index is 0.681. The first kappa shape index (κ1) is 17.2. The molecule has 0 amide bonds. The highest BCUT2D eigenvalue weighted by Gasteiger charge is 2.04. The van der Waals surface area contributed by atoms with Gasteiger partial charge in [0.2, 0.25) is 0 Å². The van der Waals surface area contributed by atoms with Gasteiger partial charge in [0.15, 0.2) is 0 Å². The van der Waals surface area contributed by atoms with Gasteiger partial charge in [-0.05, 0) is 50.2 Å². The van der Waals surface area contributed by atoms with Crippen molar-refractivity contribution < 1.29 is 0 Å². The molecular formula is C19H19N7. The number of hydrogen-bond acceptors (Lipinski definition) is 7. The van der Waals surface area contributed by atoms with E-state index in [-0.39, 0.29) is 0 Å². The molecule has 0 aliphatic heterocycles. The van der Waals surface area contributed by atoms with Crippen LogP contribution < -0.4 is 10.9 Å². The van der Waals surface area contributed by atoms with Gasteiger partial charge in [0, 0.05) is 12.4 Å². The van der Waals surface area contributed by atoms with Crippen LogP contribution in [0.5, 0.6) is 0 Å². The van der Waals surface area contributed by atoms with Gasteiger partial charge in [-0.15, -0.1) is 0 Å². The van der Waals surface area contributed by atoms with Crippen LogP contribution in [0.3, 0.4) is 0 Å². The fourth-order valence-electron chi connectivity index (χ4n) is 2.09. The smallest absolute Gasteiger partial charge is 0.146 e. The SMILES string of the molecule is CC(=NNc1ccccn1)c1cccc(C(C)=NNc2ccccn2)n1. The zero-order chi connectivity index (χ0) is 18.2. The Morgan fingerprint density at radius 3 is 1.62 bits per heavy atom. The van der Waals surface area contributed by atoms with E-state index in [9.17, 15) is 0 Å². The van der Waals surface area contributed by atoms with Crippen molar-refractivity contribution in [3.05, 3.63) is 78.4 Å². The van der Waals surface area contributed by atoms with Crippen LogP contribution in [0.1, 0.15) is 25.2 Å². The quantitative estimate of drug-likeness (QED) is 0.527. The minimum Gasteiger partial charge on any atom is -0.261 e. The van der Waals surface area contributed by atoms with Crippen LogP contribution >= 0.6 is 0 Å². The van der Waals surface area contributed by atoms with Gasteiger partial charge in [-0.3, -0.25) is 10.9 Å². The largest absolute Gasteiger partial charge is 0.261 e. The lowest BCUT2D eigenvalue weighted by Gasteiger charge is -2.06. The minimum atomic E-state index is 0.681. The van der Waals surface area contributed by atoms with Crippen molar-refractivity contribution in [2.75, 3.05) is 10.9 Å². The number of hydrogen-bond donors (Lipinski definition) is 2. The maximum atomic E-state index is 4.61. The third kappa shape index (κ3) is 4.70. The molecule has 0 aromatic carbocycles. The van der Waals surface area contributed by atoms with E-state index < -0.39 is 0 Å². The Hall–Kier alpha value is -3.61. The number of hydrazone groups is 2. The predicted octanol–water partition coefficient (Wildman–Crippen LogP) is 3.54. The molecule has 2 N–H and O–H groups in total. The maximum Gasteiger partial charge on any atom is 0.146 e. The second-order valence-corrected chi connectivity index (χ2v) is 5.46. The summed E-state index contributed by atoms with van der Waals surface area (Å²) in [6.45, 7) is 3.78. The molecule has 0 aliphatic rings. The number of nitrogens with zero attached hydrogens (tertiary/aromatic N) is 5. The van der Waals surface area contributed by atoms with Crippen LogP contribution in [0, 0.1) is 0 Å². The summed E-state index contributed by atoms with van der Waals surface area (Å²) in [5, 5.41) is 8.67. The van der Waals surface area contributed by atoms with Crippen LogP contribution in [-0.2, 0) is 0 Å². The molecule has 0 unspecified atom stereocenters. The first-order chi connectivity index (χ1) is 12.7. The number of rotatable bonds is 6. The Labute approximate surface area is 151 Å². The van der Waals surface area contributed by atoms with E-state index in [1.807, 2.05) is 68.4 Å². The molecule has 3 rings (SSSR count). The molecule has 3 heterocycles. The van der Waals surface area contributed by atoms with Gasteiger partial charge in [0.25, 0.3) is 0 Å². The van der Waals surface area contributed by atoms with Crippen molar-refractivity contribution in [2.24, 2.45) is 10.2 Å². The first-order valence-electron chi connectivity index (χ1n) is 8.13. The van der Waals surface area contributed by atoms with Crippen LogP contribution in [0.4, 0.5) is 11.6 Å². The Kier molecular flexibility index (Phi) is 5.61. The number of anilines is 2. The molecule has 130 valence electrons. The monoisotopic (exact) mass is 345 g/mol. The summed E-state index contributed by atoms with van der Waals surface area (Å²) in [5.74, 6) is 1.36. The van der Waals surface area contributed by atoms with Gasteiger partial charge < -0.3 is 0 Å². The lowest BCUT2D eigenvalue weighted by atomic mass is 10.2. The van der Waals surface area contributed by atoms with E-state index in [0.717, 1.165) is 22.8 Å². The Bertz CT molecular complexity index is 833. The second-order valence-electron chi connectivity index (χ2n) is 5.46. The third-order valence-corrected chi connectivity index (χ3v) is 3.50. The number of aromatic nitrogens is 3. The Morgan fingerprint density at radius 2 is 1.19 bits per heavy atom. The molecule has 26 heavy (non-hydrogen) atoms. The van der Waals surface area contributed by atoms with E-state index >= 15 is 0 Å². The second kappa shape index (κ2) is 8.48. The summed E-state index contributed by atoms with van der Waals surface area (Å²) in [6.07, 6.45) is 3.42. The molecule has 0 saturated carbocycles. The van der Waals surface area contributed by atoms with Crippen molar-refractivity contribution in [3.63, 3.8) is 0 Å². The van der Waals surface area contributed by atoms with Crippen molar-refractivity contribution in [3.8, 4) is 0 Å². The molecule has 0 saturated heterocycles. The van der Waals surface area contributed by atoms with E-state index in [0.29, 0.717) is 11.6 Å². The summed E-state index contributed by atoms with van der Waals surface area (Å²) in [7, 11) is 0. The van der Waals surface area contributed by atoms with Gasteiger partial charge in [0.05, 0.1) is 22.8 Å². The van der Waals surface area contributed by atoms with Gasteiger partial charge in [0.1, 0.15) is 11.6 Å². The summed E-state index contributed by atoms with van der Waals surface area (Å²) < 4.78 is 0. The van der Waals surface area contributed by atoms with Crippen molar-refractivity contribution in [1.29, 1.82) is 0 Å². The molecule has 0 aliphatic carbocycles. The summed E-state index contributed by atoms with van der Waals surface area (Å²) in [4.78, 5) is 13.0. The van der Waals surface area contributed by atoms with E-state index in [4.69, 9.17) is 0 Å². The van der Waals surface area contributed by atoms with E-state index in [2.05, 4.69) is 36.0 Å². The van der Waals surface area contributed by atoms with Crippen LogP contribution in [-0.4, -0.2) is 26.4 Å². The molecule has 0 fully saturated rings. The molecule has 3 aromatic heterocycles. The fraction of sp³-hybridized carbons (Fsp3) is 0.105. The van der Waals surface area contributed by atoms with Crippen molar-refractivity contribution >= 4 is 23.1 Å². The lowest BCUT2D eigenvalue weighted by molar-refractivity contribution is 1.18. The highest BCUT2D eigenvalue weighted by atomic mass is 15.3. The van der Waals surface area contributed by atoms with Crippen LogP contribution in [0.15, 0.2) is 77.2 Å². The summed E-state index contributed by atoms with van der Waals surface area (Å²) in [5.41, 5.74) is 8.88. The van der Waals surface area contributed by atoms with E-state index in [1.165, 1.54) is 0 Å². The average molecular weight is 345 g/mol. The van der Waals surface area contributed by atoms with Gasteiger partial charge >= 0.3 is 0 Å². The molecule has 3 aromatic rings. The molecule has 0 bridgehead atoms. The van der Waals surface area contributed by atoms with Crippen LogP contribution in [0.2, 0.25) is 0 Å². The van der Waals surface area contributed by atoms with Crippen molar-refractivity contribution in [2.45, 2.75) is 13.8 Å². The molecular weight excluding hydrogens is 326 g/mol. The predicted molar refractivity (Wildman–Crippen MR) is 104 cm³/mol.